The van der Waals surface area contributed by atoms with Crippen molar-refractivity contribution in [1.82, 2.24) is 5.32 Å². The molecule has 2 aromatic carbocycles. The lowest BCUT2D eigenvalue weighted by molar-refractivity contribution is -0.122. The second-order valence-electron chi connectivity index (χ2n) is 7.40. The predicted molar refractivity (Wildman–Crippen MR) is 119 cm³/mol. The number of nitrogens with one attached hydrogen (secondary N) is 1. The molecule has 0 aliphatic carbocycles. The molecule has 2 aromatic rings. The normalized spacial score (nSPS) is 16.3. The molecule has 0 saturated carbocycles. The van der Waals surface area contributed by atoms with Crippen molar-refractivity contribution in [2.75, 3.05) is 32.3 Å². The summed E-state index contributed by atoms with van der Waals surface area (Å²) in [6, 6.07) is 7.67. The van der Waals surface area contributed by atoms with Crippen molar-refractivity contribution < 1.29 is 28.2 Å². The van der Waals surface area contributed by atoms with Gasteiger partial charge in [0, 0.05) is 24.4 Å². The highest BCUT2D eigenvalue weighted by atomic mass is 35.5. The smallest absolute Gasteiger partial charge is 0.259 e. The van der Waals surface area contributed by atoms with Gasteiger partial charge in [0.15, 0.2) is 11.5 Å². The maximum Gasteiger partial charge on any atom is 0.259 e. The molecule has 0 unspecified atom stereocenters. The second kappa shape index (κ2) is 10.7. The minimum Gasteiger partial charge on any atom is -0.493 e. The van der Waals surface area contributed by atoms with Crippen molar-refractivity contribution in [2.24, 2.45) is 0 Å². The van der Waals surface area contributed by atoms with Crippen LogP contribution >= 0.6 is 11.6 Å². The fourth-order valence-electron chi connectivity index (χ4n) is 3.54. The highest BCUT2D eigenvalue weighted by Gasteiger charge is 2.30. The van der Waals surface area contributed by atoms with E-state index in [4.69, 9.17) is 25.8 Å². The minimum atomic E-state index is -0.904. The molecule has 7 nitrogen and oxygen atoms in total. The molecule has 0 radical (unpaired) electrons. The molecule has 0 spiro atoms. The fraction of sp³-hybridized carbons (Fsp3) is 0.391. The number of carbonyl (C=O) groups excluding carboxylic acids is 2. The van der Waals surface area contributed by atoms with Crippen LogP contribution in [-0.2, 0) is 9.53 Å². The van der Waals surface area contributed by atoms with E-state index in [1.165, 1.54) is 37.3 Å². The lowest BCUT2D eigenvalue weighted by Crippen LogP contribution is -2.49. The molecule has 3 rings (SSSR count). The van der Waals surface area contributed by atoms with Crippen molar-refractivity contribution in [1.29, 1.82) is 0 Å². The summed E-state index contributed by atoms with van der Waals surface area (Å²) in [5.74, 6) is -0.638. The second-order valence-corrected chi connectivity index (χ2v) is 7.81. The number of carbonyl (C=O) groups is 2. The number of hydrogen-bond acceptors (Lipinski definition) is 5. The van der Waals surface area contributed by atoms with Gasteiger partial charge in [-0.25, -0.2) is 4.39 Å². The third-order valence-corrected chi connectivity index (χ3v) is 5.61. The molecular formula is C23H26ClFN2O5. The van der Waals surface area contributed by atoms with E-state index in [0.29, 0.717) is 24.7 Å². The molecule has 9 heteroatoms. The first-order valence-electron chi connectivity index (χ1n) is 10.3. The molecule has 1 heterocycles. The van der Waals surface area contributed by atoms with Crippen LogP contribution in [0.5, 0.6) is 11.5 Å². The number of ether oxygens (including phenoxy) is 3. The van der Waals surface area contributed by atoms with Gasteiger partial charge < -0.3 is 19.5 Å². The highest BCUT2D eigenvalue weighted by Crippen LogP contribution is 2.30. The van der Waals surface area contributed by atoms with Crippen LogP contribution in [0.15, 0.2) is 36.4 Å². The number of methoxy groups -OCH3 is 2. The van der Waals surface area contributed by atoms with Crippen LogP contribution in [0.4, 0.5) is 10.1 Å². The van der Waals surface area contributed by atoms with Gasteiger partial charge in [0.05, 0.1) is 25.3 Å². The van der Waals surface area contributed by atoms with Crippen molar-refractivity contribution in [3.05, 3.63) is 52.8 Å². The topological polar surface area (TPSA) is 77.1 Å². The monoisotopic (exact) mass is 464 g/mol. The van der Waals surface area contributed by atoms with Crippen molar-refractivity contribution in [3.63, 3.8) is 0 Å². The summed E-state index contributed by atoms with van der Waals surface area (Å²) in [5.41, 5.74) is 0.554. The van der Waals surface area contributed by atoms with Gasteiger partial charge in [-0.1, -0.05) is 11.6 Å². The zero-order valence-electron chi connectivity index (χ0n) is 18.2. The number of anilines is 1. The van der Waals surface area contributed by atoms with Crippen LogP contribution in [-0.4, -0.2) is 51.3 Å². The van der Waals surface area contributed by atoms with E-state index in [-0.39, 0.29) is 28.3 Å². The Labute approximate surface area is 191 Å². The first-order valence-corrected chi connectivity index (χ1v) is 10.6. The Hall–Kier alpha value is -2.84. The largest absolute Gasteiger partial charge is 0.493 e. The van der Waals surface area contributed by atoms with Gasteiger partial charge in [0.2, 0.25) is 5.91 Å². The van der Waals surface area contributed by atoms with Crippen LogP contribution < -0.4 is 19.7 Å². The van der Waals surface area contributed by atoms with Crippen LogP contribution in [0.2, 0.25) is 5.02 Å². The first kappa shape index (κ1) is 23.8. The van der Waals surface area contributed by atoms with Crippen LogP contribution in [0, 0.1) is 5.82 Å². The van der Waals surface area contributed by atoms with Gasteiger partial charge in [-0.3, -0.25) is 14.5 Å². The Bertz CT molecular complexity index is 981. The molecule has 1 fully saturated rings. The van der Waals surface area contributed by atoms with E-state index >= 15 is 0 Å². The summed E-state index contributed by atoms with van der Waals surface area (Å²) < 4.78 is 29.8. The zero-order chi connectivity index (χ0) is 23.3. The van der Waals surface area contributed by atoms with Crippen molar-refractivity contribution in [2.45, 2.75) is 31.9 Å². The Balaban J connectivity index is 1.91. The average Bonchev–Trinajstić information content (AvgIpc) is 3.33. The summed E-state index contributed by atoms with van der Waals surface area (Å²) in [5, 5.41) is 2.68. The number of amides is 2. The summed E-state index contributed by atoms with van der Waals surface area (Å²) in [7, 11) is 2.96. The number of nitrogens with zero attached hydrogens (tertiary/aromatic N) is 1. The summed E-state index contributed by atoms with van der Waals surface area (Å²) >= 11 is 5.96. The Morgan fingerprint density at radius 1 is 1.22 bits per heavy atom. The molecule has 172 valence electrons. The Morgan fingerprint density at radius 3 is 2.59 bits per heavy atom. The summed E-state index contributed by atoms with van der Waals surface area (Å²) in [6.45, 7) is 2.63. The predicted octanol–water partition coefficient (Wildman–Crippen LogP) is 3.83. The molecule has 1 aliphatic rings. The molecule has 1 saturated heterocycles. The lowest BCUT2D eigenvalue weighted by Gasteiger charge is -2.29. The highest BCUT2D eigenvalue weighted by molar-refractivity contribution is 6.31. The minimum absolute atomic E-state index is 0.0404. The summed E-state index contributed by atoms with van der Waals surface area (Å²) in [4.78, 5) is 27.7. The van der Waals surface area contributed by atoms with E-state index in [2.05, 4.69) is 5.32 Å². The third kappa shape index (κ3) is 5.31. The number of halogens is 2. The maximum atomic E-state index is 13.8. The average molecular weight is 465 g/mol. The lowest BCUT2D eigenvalue weighted by atomic mass is 10.1. The van der Waals surface area contributed by atoms with Crippen LogP contribution in [0.25, 0.3) is 0 Å². The van der Waals surface area contributed by atoms with Gasteiger partial charge >= 0.3 is 0 Å². The number of hydrogen-bond donors (Lipinski definition) is 1. The van der Waals surface area contributed by atoms with Gasteiger partial charge in [-0.2, -0.15) is 0 Å². The quantitative estimate of drug-likeness (QED) is 0.642. The first-order chi connectivity index (χ1) is 15.3. The van der Waals surface area contributed by atoms with Gasteiger partial charge in [0.25, 0.3) is 5.91 Å². The van der Waals surface area contributed by atoms with E-state index in [9.17, 15) is 14.0 Å². The standard InChI is InChI=1S/C23H26ClFN2O5/c1-14(22(28)26-13-17-5-4-10-32-17)27(16-7-8-19(25)18(24)12-16)23(29)15-6-9-20(30-2)21(11-15)31-3/h6-9,11-12,14,17H,4-5,10,13H2,1-3H3,(H,26,28)/t14-,17-/m0/s1. The van der Waals surface area contributed by atoms with Gasteiger partial charge in [-0.05, 0) is 56.2 Å². The zero-order valence-corrected chi connectivity index (χ0v) is 18.9. The summed E-state index contributed by atoms with van der Waals surface area (Å²) in [6.07, 6.45) is 1.78. The van der Waals surface area contributed by atoms with Crippen molar-refractivity contribution in [3.8, 4) is 11.5 Å². The van der Waals surface area contributed by atoms with Gasteiger partial charge in [0.1, 0.15) is 11.9 Å². The third-order valence-electron chi connectivity index (χ3n) is 5.33. The van der Waals surface area contributed by atoms with E-state index in [1.807, 2.05) is 0 Å². The SMILES string of the molecule is COc1ccc(C(=O)N(c2ccc(F)c(Cl)c2)[C@@H](C)C(=O)NC[C@@H]2CCCO2)cc1OC. The molecule has 0 bridgehead atoms. The Kier molecular flexibility index (Phi) is 7.93. The van der Waals surface area contributed by atoms with Crippen molar-refractivity contribution >= 4 is 29.1 Å². The molecule has 1 aliphatic heterocycles. The molecule has 1 N–H and O–H groups in total. The molecule has 0 aromatic heterocycles. The fourth-order valence-corrected chi connectivity index (χ4v) is 3.72. The number of benzene rings is 2. The van der Waals surface area contributed by atoms with E-state index in [0.717, 1.165) is 18.9 Å². The maximum absolute atomic E-state index is 13.8. The molecule has 2 amide bonds. The Morgan fingerprint density at radius 2 is 1.97 bits per heavy atom. The molecule has 2 atom stereocenters. The van der Waals surface area contributed by atoms with Gasteiger partial charge in [-0.15, -0.1) is 0 Å². The van der Waals surface area contributed by atoms with E-state index < -0.39 is 17.8 Å². The van der Waals surface area contributed by atoms with Crippen LogP contribution in [0.1, 0.15) is 30.1 Å². The van der Waals surface area contributed by atoms with Crippen LogP contribution in [0.3, 0.4) is 0 Å². The molecule has 32 heavy (non-hydrogen) atoms. The number of rotatable bonds is 8. The van der Waals surface area contributed by atoms with E-state index in [1.54, 1.807) is 19.1 Å². The molecular weight excluding hydrogens is 439 g/mol.